The monoisotopic (exact) mass is 302 g/mol. The molecule has 0 aromatic heterocycles. The van der Waals surface area contributed by atoms with Crippen LogP contribution < -0.4 is 10.2 Å². The standard InChI is InChI=1S/C16H22N4O2/c1-18-7-9-19(10-8-18)16(22)17-13-11-15(21)20(12-13)14-5-3-2-4-6-14/h2-6,13H,7-12H2,1H3,(H,17,22). The molecule has 0 spiro atoms. The van der Waals surface area contributed by atoms with Crippen LogP contribution in [-0.2, 0) is 4.79 Å². The minimum atomic E-state index is -0.111. The Morgan fingerprint density at radius 2 is 1.82 bits per heavy atom. The molecule has 3 amide bonds. The first-order valence-electron chi connectivity index (χ1n) is 7.73. The molecule has 2 aliphatic heterocycles. The van der Waals surface area contributed by atoms with Crippen molar-refractivity contribution in [1.29, 1.82) is 0 Å². The molecule has 3 rings (SSSR count). The number of piperazine rings is 1. The van der Waals surface area contributed by atoms with Crippen LogP contribution >= 0.6 is 0 Å². The average Bonchev–Trinajstić information content (AvgIpc) is 2.89. The van der Waals surface area contributed by atoms with Crippen LogP contribution in [-0.4, -0.2) is 67.6 Å². The van der Waals surface area contributed by atoms with E-state index >= 15 is 0 Å². The number of hydrogen-bond acceptors (Lipinski definition) is 3. The van der Waals surface area contributed by atoms with Crippen LogP contribution in [0.15, 0.2) is 30.3 Å². The molecule has 0 bridgehead atoms. The predicted molar refractivity (Wildman–Crippen MR) is 84.8 cm³/mol. The normalized spacial score (nSPS) is 23.0. The van der Waals surface area contributed by atoms with E-state index in [1.165, 1.54) is 0 Å². The molecule has 2 aliphatic rings. The van der Waals surface area contributed by atoms with Crippen molar-refractivity contribution in [3.8, 4) is 0 Å². The first kappa shape index (κ1) is 14.8. The molecular weight excluding hydrogens is 280 g/mol. The highest BCUT2D eigenvalue weighted by Gasteiger charge is 2.32. The van der Waals surface area contributed by atoms with Gasteiger partial charge in [0, 0.05) is 44.8 Å². The fourth-order valence-electron chi connectivity index (χ4n) is 2.94. The van der Waals surface area contributed by atoms with E-state index in [9.17, 15) is 9.59 Å². The number of rotatable bonds is 2. The van der Waals surface area contributed by atoms with E-state index in [4.69, 9.17) is 0 Å². The predicted octanol–water partition coefficient (Wildman–Crippen LogP) is 0.749. The molecule has 1 aromatic rings. The number of nitrogens with zero attached hydrogens (tertiary/aromatic N) is 3. The first-order chi connectivity index (χ1) is 10.6. The van der Waals surface area contributed by atoms with Gasteiger partial charge < -0.3 is 20.0 Å². The maximum atomic E-state index is 12.3. The molecule has 1 N–H and O–H groups in total. The molecule has 0 aliphatic carbocycles. The van der Waals surface area contributed by atoms with Crippen LogP contribution in [0.1, 0.15) is 6.42 Å². The Morgan fingerprint density at radius 3 is 2.50 bits per heavy atom. The quantitative estimate of drug-likeness (QED) is 0.877. The lowest BCUT2D eigenvalue weighted by Crippen LogP contribution is -2.52. The van der Waals surface area contributed by atoms with Crippen molar-refractivity contribution in [2.45, 2.75) is 12.5 Å². The summed E-state index contributed by atoms with van der Waals surface area (Å²) in [5, 5.41) is 3.00. The molecule has 2 heterocycles. The summed E-state index contributed by atoms with van der Waals surface area (Å²) in [5.74, 6) is 0.0647. The smallest absolute Gasteiger partial charge is 0.317 e. The van der Waals surface area contributed by atoms with E-state index in [-0.39, 0.29) is 18.0 Å². The van der Waals surface area contributed by atoms with Gasteiger partial charge in [-0.05, 0) is 19.2 Å². The summed E-state index contributed by atoms with van der Waals surface area (Å²) < 4.78 is 0. The van der Waals surface area contributed by atoms with Crippen molar-refractivity contribution < 1.29 is 9.59 Å². The maximum Gasteiger partial charge on any atom is 0.317 e. The summed E-state index contributed by atoms with van der Waals surface area (Å²) in [6.45, 7) is 3.82. The summed E-state index contributed by atoms with van der Waals surface area (Å²) >= 11 is 0. The molecule has 6 nitrogen and oxygen atoms in total. The molecule has 0 saturated carbocycles. The number of carbonyl (C=O) groups excluding carboxylic acids is 2. The van der Waals surface area contributed by atoms with Gasteiger partial charge in [0.25, 0.3) is 0 Å². The highest BCUT2D eigenvalue weighted by Crippen LogP contribution is 2.21. The second-order valence-corrected chi connectivity index (χ2v) is 5.98. The minimum Gasteiger partial charge on any atom is -0.333 e. The molecule has 22 heavy (non-hydrogen) atoms. The second kappa shape index (κ2) is 6.36. The average molecular weight is 302 g/mol. The maximum absolute atomic E-state index is 12.3. The van der Waals surface area contributed by atoms with E-state index in [0.29, 0.717) is 13.0 Å². The highest BCUT2D eigenvalue weighted by atomic mass is 16.2. The lowest BCUT2D eigenvalue weighted by Gasteiger charge is -2.33. The topological polar surface area (TPSA) is 55.9 Å². The Bertz CT molecular complexity index is 540. The molecule has 1 atom stereocenters. The summed E-state index contributed by atoms with van der Waals surface area (Å²) in [5.41, 5.74) is 0.892. The first-order valence-corrected chi connectivity index (χ1v) is 7.73. The number of carbonyl (C=O) groups is 2. The lowest BCUT2D eigenvalue weighted by atomic mass is 10.2. The van der Waals surface area contributed by atoms with Gasteiger partial charge in [-0.1, -0.05) is 18.2 Å². The van der Waals surface area contributed by atoms with Crippen molar-refractivity contribution in [2.75, 3.05) is 44.7 Å². The Morgan fingerprint density at radius 1 is 1.14 bits per heavy atom. The fourth-order valence-corrected chi connectivity index (χ4v) is 2.94. The molecule has 6 heteroatoms. The third-order valence-corrected chi connectivity index (χ3v) is 4.31. The van der Waals surface area contributed by atoms with E-state index in [2.05, 4.69) is 17.3 Å². The Balaban J connectivity index is 1.56. The van der Waals surface area contributed by atoms with Crippen molar-refractivity contribution in [3.05, 3.63) is 30.3 Å². The van der Waals surface area contributed by atoms with Gasteiger partial charge in [0.05, 0.1) is 6.04 Å². The van der Waals surface area contributed by atoms with E-state index in [1.54, 1.807) is 4.90 Å². The summed E-state index contributed by atoms with van der Waals surface area (Å²) in [6.07, 6.45) is 0.369. The van der Waals surface area contributed by atoms with Crippen LogP contribution in [0.25, 0.3) is 0 Å². The highest BCUT2D eigenvalue weighted by molar-refractivity contribution is 5.96. The number of para-hydroxylation sites is 1. The number of urea groups is 1. The van der Waals surface area contributed by atoms with Crippen LogP contribution in [0.3, 0.4) is 0 Å². The summed E-state index contributed by atoms with van der Waals surface area (Å²) in [4.78, 5) is 30.2. The number of likely N-dealkylation sites (N-methyl/N-ethyl adjacent to an activating group) is 1. The molecule has 2 saturated heterocycles. The minimum absolute atomic E-state index is 0.0548. The molecule has 118 valence electrons. The summed E-state index contributed by atoms with van der Waals surface area (Å²) in [6, 6.07) is 9.43. The number of benzene rings is 1. The molecule has 2 fully saturated rings. The SMILES string of the molecule is CN1CCN(C(=O)NC2CC(=O)N(c3ccccc3)C2)CC1. The molecule has 1 aromatic carbocycles. The van der Waals surface area contributed by atoms with Crippen molar-refractivity contribution >= 4 is 17.6 Å². The van der Waals surface area contributed by atoms with Gasteiger partial charge in [-0.15, -0.1) is 0 Å². The van der Waals surface area contributed by atoms with Crippen LogP contribution in [0.2, 0.25) is 0 Å². The third-order valence-electron chi connectivity index (χ3n) is 4.31. The van der Waals surface area contributed by atoms with Crippen molar-refractivity contribution in [3.63, 3.8) is 0 Å². The van der Waals surface area contributed by atoms with Crippen LogP contribution in [0, 0.1) is 0 Å². The fraction of sp³-hybridized carbons (Fsp3) is 0.500. The van der Waals surface area contributed by atoms with Gasteiger partial charge >= 0.3 is 6.03 Å². The lowest BCUT2D eigenvalue weighted by molar-refractivity contribution is -0.117. The van der Waals surface area contributed by atoms with Gasteiger partial charge in [-0.2, -0.15) is 0 Å². The number of nitrogens with one attached hydrogen (secondary N) is 1. The van der Waals surface area contributed by atoms with Crippen LogP contribution in [0.4, 0.5) is 10.5 Å². The van der Waals surface area contributed by atoms with Gasteiger partial charge in [0.1, 0.15) is 0 Å². The Hall–Kier alpha value is -2.08. The third kappa shape index (κ3) is 3.22. The molecule has 0 radical (unpaired) electrons. The van der Waals surface area contributed by atoms with Crippen molar-refractivity contribution in [1.82, 2.24) is 15.1 Å². The number of hydrogen-bond donors (Lipinski definition) is 1. The Kier molecular flexibility index (Phi) is 4.29. The second-order valence-electron chi connectivity index (χ2n) is 5.98. The Labute approximate surface area is 130 Å². The van der Waals surface area contributed by atoms with Gasteiger partial charge in [-0.25, -0.2) is 4.79 Å². The van der Waals surface area contributed by atoms with Crippen LogP contribution in [0.5, 0.6) is 0 Å². The zero-order valence-electron chi connectivity index (χ0n) is 12.9. The van der Waals surface area contributed by atoms with E-state index in [1.807, 2.05) is 35.2 Å². The van der Waals surface area contributed by atoms with Crippen molar-refractivity contribution in [2.24, 2.45) is 0 Å². The molecular formula is C16H22N4O2. The summed E-state index contributed by atoms with van der Waals surface area (Å²) in [7, 11) is 2.06. The van der Waals surface area contributed by atoms with Gasteiger partial charge in [-0.3, -0.25) is 4.79 Å². The zero-order valence-corrected chi connectivity index (χ0v) is 12.9. The van der Waals surface area contributed by atoms with E-state index in [0.717, 1.165) is 31.9 Å². The van der Waals surface area contributed by atoms with Gasteiger partial charge in [0.15, 0.2) is 0 Å². The van der Waals surface area contributed by atoms with Gasteiger partial charge in [0.2, 0.25) is 5.91 Å². The number of anilines is 1. The van der Waals surface area contributed by atoms with E-state index < -0.39 is 0 Å². The number of amides is 3. The molecule has 1 unspecified atom stereocenters. The zero-order chi connectivity index (χ0) is 15.5. The largest absolute Gasteiger partial charge is 0.333 e.